The Bertz CT molecular complexity index is 657. The van der Waals surface area contributed by atoms with E-state index in [2.05, 4.69) is 27.5 Å². The molecule has 1 aromatic carbocycles. The number of rotatable bonds is 5. The predicted molar refractivity (Wildman–Crippen MR) is 75.9 cm³/mol. The van der Waals surface area contributed by atoms with Gasteiger partial charge in [0.25, 0.3) is 0 Å². The number of carboxylic acid groups (broad SMARTS) is 1. The van der Waals surface area contributed by atoms with Gasteiger partial charge in [0.05, 0.1) is 21.3 Å². The van der Waals surface area contributed by atoms with Crippen molar-refractivity contribution >= 4 is 44.7 Å². The maximum atomic E-state index is 13.5. The molecule has 19 heavy (non-hydrogen) atoms. The maximum absolute atomic E-state index is 13.5. The molecule has 2 aromatic rings. The fourth-order valence-electron chi connectivity index (χ4n) is 1.64. The van der Waals surface area contributed by atoms with Gasteiger partial charge in [-0.05, 0) is 22.0 Å². The smallest absolute Gasteiger partial charge is 0.313 e. The molecule has 1 aromatic heterocycles. The number of benzene rings is 1. The minimum Gasteiger partial charge on any atom is -0.481 e. The van der Waals surface area contributed by atoms with Gasteiger partial charge >= 0.3 is 5.97 Å². The van der Waals surface area contributed by atoms with Gasteiger partial charge in [0.1, 0.15) is 5.82 Å². The van der Waals surface area contributed by atoms with Gasteiger partial charge in [0, 0.05) is 12.6 Å². The second kappa shape index (κ2) is 5.75. The summed E-state index contributed by atoms with van der Waals surface area (Å²) in [6, 6.07) is 2.95. The highest BCUT2D eigenvalue weighted by Crippen LogP contribution is 2.28. The summed E-state index contributed by atoms with van der Waals surface area (Å²) in [5, 5.41) is 9.25. The standard InChI is InChI=1S/C12H10BrFN2O2S/c1-2-3-16-10-4-7(13)8(14)5-9(10)15-12(16)19-6-11(17)18/h2,4-5H,1,3,6H2,(H,17,18). The average molecular weight is 345 g/mol. The minimum atomic E-state index is -0.922. The molecular formula is C12H10BrFN2O2S. The fraction of sp³-hybridized carbons (Fsp3) is 0.167. The average Bonchev–Trinajstić information content (AvgIpc) is 2.66. The molecule has 100 valence electrons. The van der Waals surface area contributed by atoms with Crippen LogP contribution in [0, 0.1) is 5.82 Å². The first kappa shape index (κ1) is 14.1. The Kier molecular flexibility index (Phi) is 4.26. The number of carboxylic acids is 1. The highest BCUT2D eigenvalue weighted by atomic mass is 79.9. The van der Waals surface area contributed by atoms with E-state index in [4.69, 9.17) is 5.11 Å². The van der Waals surface area contributed by atoms with Crippen molar-refractivity contribution in [3.05, 3.63) is 35.1 Å². The second-order valence-corrected chi connectivity index (χ2v) is 5.53. The van der Waals surface area contributed by atoms with Gasteiger partial charge in [-0.1, -0.05) is 17.8 Å². The number of nitrogens with zero attached hydrogens (tertiary/aromatic N) is 2. The van der Waals surface area contributed by atoms with Gasteiger partial charge in [-0.3, -0.25) is 4.79 Å². The third-order valence-electron chi connectivity index (χ3n) is 2.39. The van der Waals surface area contributed by atoms with E-state index in [1.54, 1.807) is 16.7 Å². The Labute approximate surface area is 121 Å². The number of hydrogen-bond acceptors (Lipinski definition) is 3. The summed E-state index contributed by atoms with van der Waals surface area (Å²) < 4.78 is 15.6. The molecule has 0 saturated heterocycles. The summed E-state index contributed by atoms with van der Waals surface area (Å²) in [6.07, 6.45) is 1.68. The lowest BCUT2D eigenvalue weighted by atomic mass is 10.3. The predicted octanol–water partition coefficient (Wildman–Crippen LogP) is 3.30. The summed E-state index contributed by atoms with van der Waals surface area (Å²) in [6.45, 7) is 4.14. The monoisotopic (exact) mass is 344 g/mol. The topological polar surface area (TPSA) is 55.1 Å². The number of allylic oxidation sites excluding steroid dienone is 1. The van der Waals surface area contributed by atoms with Crippen LogP contribution in [0.4, 0.5) is 4.39 Å². The van der Waals surface area contributed by atoms with E-state index in [1.807, 2.05) is 0 Å². The lowest BCUT2D eigenvalue weighted by Gasteiger charge is -2.05. The van der Waals surface area contributed by atoms with Crippen LogP contribution in [0.2, 0.25) is 0 Å². The zero-order valence-corrected chi connectivity index (χ0v) is 12.2. The molecule has 1 heterocycles. The summed E-state index contributed by atoms with van der Waals surface area (Å²) in [4.78, 5) is 14.9. The molecule has 0 fully saturated rings. The number of imidazole rings is 1. The van der Waals surface area contributed by atoms with Crippen molar-refractivity contribution in [2.45, 2.75) is 11.7 Å². The third kappa shape index (κ3) is 2.98. The lowest BCUT2D eigenvalue weighted by molar-refractivity contribution is -0.133. The largest absolute Gasteiger partial charge is 0.481 e. The number of halogens is 2. The first-order valence-electron chi connectivity index (χ1n) is 5.33. The van der Waals surface area contributed by atoms with Crippen molar-refractivity contribution in [1.82, 2.24) is 9.55 Å². The molecule has 0 aliphatic heterocycles. The van der Waals surface area contributed by atoms with E-state index in [0.717, 1.165) is 17.3 Å². The van der Waals surface area contributed by atoms with Gasteiger partial charge in [0.2, 0.25) is 0 Å². The highest BCUT2D eigenvalue weighted by Gasteiger charge is 2.14. The first-order chi connectivity index (χ1) is 9.02. The molecular weight excluding hydrogens is 335 g/mol. The van der Waals surface area contributed by atoms with Gasteiger partial charge in [0.15, 0.2) is 5.16 Å². The molecule has 7 heteroatoms. The molecule has 4 nitrogen and oxygen atoms in total. The van der Waals surface area contributed by atoms with Crippen LogP contribution in [0.1, 0.15) is 0 Å². The van der Waals surface area contributed by atoms with Crippen molar-refractivity contribution in [3.63, 3.8) is 0 Å². The number of hydrogen-bond donors (Lipinski definition) is 1. The van der Waals surface area contributed by atoms with E-state index in [0.29, 0.717) is 21.7 Å². The van der Waals surface area contributed by atoms with Crippen LogP contribution in [-0.2, 0) is 11.3 Å². The molecule has 0 unspecified atom stereocenters. The Morgan fingerprint density at radius 3 is 3.00 bits per heavy atom. The third-order valence-corrected chi connectivity index (χ3v) is 3.96. The maximum Gasteiger partial charge on any atom is 0.313 e. The van der Waals surface area contributed by atoms with Gasteiger partial charge in [-0.15, -0.1) is 6.58 Å². The molecule has 0 atom stereocenters. The van der Waals surface area contributed by atoms with Crippen LogP contribution in [0.3, 0.4) is 0 Å². The van der Waals surface area contributed by atoms with Crippen LogP contribution in [0.25, 0.3) is 11.0 Å². The van der Waals surface area contributed by atoms with Gasteiger partial charge in [-0.25, -0.2) is 9.37 Å². The first-order valence-corrected chi connectivity index (χ1v) is 7.11. The summed E-state index contributed by atoms with van der Waals surface area (Å²) >= 11 is 4.23. The lowest BCUT2D eigenvalue weighted by Crippen LogP contribution is -2.02. The van der Waals surface area contributed by atoms with E-state index in [-0.39, 0.29) is 5.75 Å². The van der Waals surface area contributed by atoms with Crippen LogP contribution >= 0.6 is 27.7 Å². The molecule has 0 radical (unpaired) electrons. The molecule has 1 N–H and O–H groups in total. The Morgan fingerprint density at radius 2 is 2.37 bits per heavy atom. The second-order valence-electron chi connectivity index (χ2n) is 3.73. The number of aliphatic carboxylic acids is 1. The molecule has 0 amide bonds. The number of carbonyl (C=O) groups is 1. The van der Waals surface area contributed by atoms with Gasteiger partial charge in [-0.2, -0.15) is 0 Å². The zero-order valence-electron chi connectivity index (χ0n) is 9.77. The molecule has 0 aliphatic rings. The van der Waals surface area contributed by atoms with Crippen molar-refractivity contribution in [3.8, 4) is 0 Å². The summed E-state index contributed by atoms with van der Waals surface area (Å²) in [5.74, 6) is -1.41. The van der Waals surface area contributed by atoms with Crippen LogP contribution in [-0.4, -0.2) is 26.4 Å². The highest BCUT2D eigenvalue weighted by molar-refractivity contribution is 9.10. The molecule has 0 spiro atoms. The van der Waals surface area contributed by atoms with Crippen molar-refractivity contribution < 1.29 is 14.3 Å². The molecule has 0 aliphatic carbocycles. The zero-order chi connectivity index (χ0) is 14.0. The normalized spacial score (nSPS) is 10.8. The van der Waals surface area contributed by atoms with Crippen LogP contribution < -0.4 is 0 Å². The van der Waals surface area contributed by atoms with Crippen LogP contribution in [0.15, 0.2) is 34.4 Å². The van der Waals surface area contributed by atoms with E-state index in [9.17, 15) is 9.18 Å². The van der Waals surface area contributed by atoms with Gasteiger partial charge < -0.3 is 9.67 Å². The Morgan fingerprint density at radius 1 is 1.63 bits per heavy atom. The van der Waals surface area contributed by atoms with Crippen molar-refractivity contribution in [1.29, 1.82) is 0 Å². The van der Waals surface area contributed by atoms with E-state index < -0.39 is 11.8 Å². The summed E-state index contributed by atoms with van der Waals surface area (Å²) in [7, 11) is 0. The Balaban J connectivity index is 2.52. The SMILES string of the molecule is C=CCn1c(SCC(=O)O)nc2cc(F)c(Br)cc21. The number of thioether (sulfide) groups is 1. The van der Waals surface area contributed by atoms with Crippen molar-refractivity contribution in [2.24, 2.45) is 0 Å². The Hall–Kier alpha value is -1.34. The van der Waals surface area contributed by atoms with E-state index >= 15 is 0 Å². The van der Waals surface area contributed by atoms with E-state index in [1.165, 1.54) is 6.07 Å². The number of fused-ring (bicyclic) bond motifs is 1. The molecule has 2 rings (SSSR count). The molecule has 0 saturated carbocycles. The minimum absolute atomic E-state index is 0.0931. The van der Waals surface area contributed by atoms with Crippen LogP contribution in [0.5, 0.6) is 0 Å². The van der Waals surface area contributed by atoms with Crippen molar-refractivity contribution in [2.75, 3.05) is 5.75 Å². The number of aromatic nitrogens is 2. The fourth-order valence-corrected chi connectivity index (χ4v) is 2.72. The molecule has 0 bridgehead atoms. The summed E-state index contributed by atoms with van der Waals surface area (Å²) in [5.41, 5.74) is 1.23. The quantitative estimate of drug-likeness (QED) is 0.667.